The smallest absolute Gasteiger partial charge is 0.164 e. The van der Waals surface area contributed by atoms with Gasteiger partial charge in [-0.25, -0.2) is 15.0 Å². The average molecular weight is 612 g/mol. The second-order valence-corrected chi connectivity index (χ2v) is 12.0. The fraction of sp³-hybridized carbons (Fsp3) is 0. The molecule has 0 radical (unpaired) electrons. The van der Waals surface area contributed by atoms with Crippen LogP contribution in [0, 0.1) is 0 Å². The molecular formula is C45H29N3. The van der Waals surface area contributed by atoms with Crippen LogP contribution in [0.15, 0.2) is 176 Å². The van der Waals surface area contributed by atoms with Crippen LogP contribution in [0.4, 0.5) is 0 Å². The highest BCUT2D eigenvalue weighted by Gasteiger charge is 2.16. The van der Waals surface area contributed by atoms with Gasteiger partial charge in [0.15, 0.2) is 17.5 Å². The molecule has 0 aliphatic carbocycles. The Hall–Kier alpha value is -6.45. The molecule has 3 nitrogen and oxygen atoms in total. The molecule has 0 amide bonds. The van der Waals surface area contributed by atoms with Crippen LogP contribution in [0.5, 0.6) is 0 Å². The van der Waals surface area contributed by atoms with Crippen molar-refractivity contribution in [2.24, 2.45) is 0 Å². The van der Waals surface area contributed by atoms with Gasteiger partial charge in [0.05, 0.1) is 0 Å². The summed E-state index contributed by atoms with van der Waals surface area (Å²) in [7, 11) is 0. The largest absolute Gasteiger partial charge is 0.208 e. The fourth-order valence-corrected chi connectivity index (χ4v) is 6.82. The number of aromatic nitrogens is 3. The lowest BCUT2D eigenvalue weighted by atomic mass is 9.91. The molecule has 224 valence electrons. The first-order valence-corrected chi connectivity index (χ1v) is 16.2. The van der Waals surface area contributed by atoms with Crippen LogP contribution in [0.1, 0.15) is 0 Å². The van der Waals surface area contributed by atoms with Crippen molar-refractivity contribution in [2.75, 3.05) is 0 Å². The van der Waals surface area contributed by atoms with Crippen molar-refractivity contribution in [3.05, 3.63) is 176 Å². The van der Waals surface area contributed by atoms with E-state index in [0.29, 0.717) is 17.5 Å². The average Bonchev–Trinajstić information content (AvgIpc) is 3.17. The minimum Gasteiger partial charge on any atom is -0.208 e. The highest BCUT2D eigenvalue weighted by atomic mass is 15.0. The maximum atomic E-state index is 5.16. The molecule has 0 saturated heterocycles. The van der Waals surface area contributed by atoms with Crippen LogP contribution in [-0.4, -0.2) is 15.0 Å². The summed E-state index contributed by atoms with van der Waals surface area (Å²) in [5.41, 5.74) is 7.60. The van der Waals surface area contributed by atoms with Gasteiger partial charge in [0.1, 0.15) is 0 Å². The van der Waals surface area contributed by atoms with Gasteiger partial charge < -0.3 is 0 Å². The zero-order chi connectivity index (χ0) is 31.9. The van der Waals surface area contributed by atoms with Gasteiger partial charge in [-0.05, 0) is 60.6 Å². The van der Waals surface area contributed by atoms with Crippen molar-refractivity contribution in [1.82, 2.24) is 15.0 Å². The first-order chi connectivity index (χ1) is 23.8. The lowest BCUT2D eigenvalue weighted by Gasteiger charge is -2.14. The maximum absolute atomic E-state index is 5.16. The quantitative estimate of drug-likeness (QED) is 0.182. The lowest BCUT2D eigenvalue weighted by molar-refractivity contribution is 1.08. The Labute approximate surface area is 278 Å². The fourth-order valence-electron chi connectivity index (χ4n) is 6.82. The van der Waals surface area contributed by atoms with E-state index in [2.05, 4.69) is 158 Å². The van der Waals surface area contributed by atoms with Gasteiger partial charge >= 0.3 is 0 Å². The van der Waals surface area contributed by atoms with Crippen LogP contribution < -0.4 is 0 Å². The topological polar surface area (TPSA) is 38.7 Å². The van der Waals surface area contributed by atoms with Gasteiger partial charge in [-0.15, -0.1) is 0 Å². The summed E-state index contributed by atoms with van der Waals surface area (Å²) in [6.07, 6.45) is 0. The van der Waals surface area contributed by atoms with Crippen molar-refractivity contribution < 1.29 is 0 Å². The molecular weight excluding hydrogens is 583 g/mol. The van der Waals surface area contributed by atoms with E-state index in [1.807, 2.05) is 18.2 Å². The third kappa shape index (κ3) is 4.90. The first-order valence-electron chi connectivity index (χ1n) is 16.2. The van der Waals surface area contributed by atoms with E-state index in [4.69, 9.17) is 15.0 Å². The Kier molecular flexibility index (Phi) is 6.80. The lowest BCUT2D eigenvalue weighted by Crippen LogP contribution is -2.00. The van der Waals surface area contributed by atoms with E-state index in [0.717, 1.165) is 27.6 Å². The summed E-state index contributed by atoms with van der Waals surface area (Å²) in [6, 6.07) is 61.7. The Morgan fingerprint density at radius 3 is 1.50 bits per heavy atom. The Morgan fingerprint density at radius 2 is 0.750 bits per heavy atom. The Morgan fingerprint density at radius 1 is 0.250 bits per heavy atom. The molecule has 1 aromatic heterocycles. The third-order valence-corrected chi connectivity index (χ3v) is 9.14. The zero-order valence-corrected chi connectivity index (χ0v) is 26.1. The number of fused-ring (bicyclic) bond motifs is 4. The summed E-state index contributed by atoms with van der Waals surface area (Å²) in [4.78, 5) is 15.3. The minimum atomic E-state index is 0.642. The minimum absolute atomic E-state index is 0.642. The normalized spacial score (nSPS) is 11.3. The van der Waals surface area contributed by atoms with Crippen LogP contribution in [0.2, 0.25) is 0 Å². The molecule has 0 spiro atoms. The Balaban J connectivity index is 1.22. The molecule has 0 N–H and O–H groups in total. The van der Waals surface area contributed by atoms with Crippen molar-refractivity contribution in [2.45, 2.75) is 0 Å². The number of hydrogen-bond donors (Lipinski definition) is 0. The number of benzene rings is 8. The molecule has 0 aliphatic heterocycles. The standard InChI is InChI=1S/C45H29N3/c1-3-13-30(14-4-1)36-27-28-37(39-22-10-9-21-38(36)39)33-18-11-19-34(29-33)44-46-43(32-16-5-2-6-17-32)47-45(48-44)42-24-12-23-40-35-20-8-7-15-31(35)25-26-41(40)42/h1-29H. The summed E-state index contributed by atoms with van der Waals surface area (Å²) in [5, 5.41) is 7.16. The molecule has 9 aromatic rings. The molecule has 9 rings (SSSR count). The second kappa shape index (κ2) is 11.7. The second-order valence-electron chi connectivity index (χ2n) is 12.0. The first kappa shape index (κ1) is 27.8. The molecule has 8 aromatic carbocycles. The van der Waals surface area contributed by atoms with E-state index in [9.17, 15) is 0 Å². The molecule has 3 heteroatoms. The molecule has 1 heterocycles. The zero-order valence-electron chi connectivity index (χ0n) is 26.1. The van der Waals surface area contributed by atoms with Gasteiger partial charge in [0, 0.05) is 16.7 Å². The van der Waals surface area contributed by atoms with Gasteiger partial charge in [-0.2, -0.15) is 0 Å². The number of rotatable bonds is 5. The molecule has 0 unspecified atom stereocenters. The molecule has 0 aliphatic rings. The number of hydrogen-bond acceptors (Lipinski definition) is 3. The monoisotopic (exact) mass is 611 g/mol. The van der Waals surface area contributed by atoms with Crippen LogP contribution in [0.25, 0.3) is 88.7 Å². The van der Waals surface area contributed by atoms with Crippen molar-refractivity contribution in [1.29, 1.82) is 0 Å². The summed E-state index contributed by atoms with van der Waals surface area (Å²) in [6.45, 7) is 0. The van der Waals surface area contributed by atoms with Crippen LogP contribution in [0.3, 0.4) is 0 Å². The SMILES string of the molecule is c1ccc(-c2nc(-c3cccc(-c4ccc(-c5ccccc5)c5ccccc45)c3)nc(-c3cccc4c3ccc3ccccc34)n2)cc1. The van der Waals surface area contributed by atoms with Crippen LogP contribution >= 0.6 is 0 Å². The van der Waals surface area contributed by atoms with Gasteiger partial charge in [-0.3, -0.25) is 0 Å². The van der Waals surface area contributed by atoms with Gasteiger partial charge in [0.25, 0.3) is 0 Å². The third-order valence-electron chi connectivity index (χ3n) is 9.14. The van der Waals surface area contributed by atoms with Crippen molar-refractivity contribution in [3.63, 3.8) is 0 Å². The summed E-state index contributed by atoms with van der Waals surface area (Å²) >= 11 is 0. The van der Waals surface area contributed by atoms with Crippen molar-refractivity contribution in [3.8, 4) is 56.4 Å². The van der Waals surface area contributed by atoms with E-state index < -0.39 is 0 Å². The highest BCUT2D eigenvalue weighted by Crippen LogP contribution is 2.38. The van der Waals surface area contributed by atoms with Crippen LogP contribution in [-0.2, 0) is 0 Å². The number of nitrogens with zero attached hydrogens (tertiary/aromatic N) is 3. The highest BCUT2D eigenvalue weighted by molar-refractivity contribution is 6.11. The predicted molar refractivity (Wildman–Crippen MR) is 200 cm³/mol. The summed E-state index contributed by atoms with van der Waals surface area (Å²) < 4.78 is 0. The predicted octanol–water partition coefficient (Wildman–Crippen LogP) is 11.7. The van der Waals surface area contributed by atoms with E-state index in [-0.39, 0.29) is 0 Å². The molecule has 0 atom stereocenters. The van der Waals surface area contributed by atoms with E-state index >= 15 is 0 Å². The van der Waals surface area contributed by atoms with E-state index in [1.54, 1.807) is 0 Å². The summed E-state index contributed by atoms with van der Waals surface area (Å²) in [5.74, 6) is 1.95. The van der Waals surface area contributed by atoms with Crippen molar-refractivity contribution >= 4 is 32.3 Å². The molecule has 48 heavy (non-hydrogen) atoms. The van der Waals surface area contributed by atoms with Gasteiger partial charge in [-0.1, -0.05) is 170 Å². The molecule has 0 saturated carbocycles. The Bertz CT molecular complexity index is 2610. The van der Waals surface area contributed by atoms with Gasteiger partial charge in [0.2, 0.25) is 0 Å². The molecule has 0 bridgehead atoms. The molecule has 0 fully saturated rings. The van der Waals surface area contributed by atoms with E-state index in [1.165, 1.54) is 43.6 Å². The maximum Gasteiger partial charge on any atom is 0.164 e.